The van der Waals surface area contributed by atoms with Gasteiger partial charge in [-0.2, -0.15) is 0 Å². The maximum atomic E-state index is 11.0. The number of nitrogens with zero attached hydrogens (tertiary/aromatic N) is 1. The minimum absolute atomic E-state index is 0.163. The Morgan fingerprint density at radius 2 is 2.36 bits per heavy atom. The van der Waals surface area contributed by atoms with Gasteiger partial charge in [0.25, 0.3) is 0 Å². The van der Waals surface area contributed by atoms with Crippen molar-refractivity contribution in [2.75, 3.05) is 7.05 Å². The van der Waals surface area contributed by atoms with Gasteiger partial charge in [-0.05, 0) is 13.3 Å². The Hall–Kier alpha value is -0.860. The Bertz CT molecular complexity index is 189. The topological polar surface area (TPSA) is 37.4 Å². The van der Waals surface area contributed by atoms with Crippen LogP contribution in [0.3, 0.4) is 0 Å². The highest BCUT2D eigenvalue weighted by atomic mass is 16.2. The van der Waals surface area contributed by atoms with Crippen molar-refractivity contribution in [3.05, 3.63) is 0 Å². The summed E-state index contributed by atoms with van der Waals surface area (Å²) in [7, 11) is 1.77. The van der Waals surface area contributed by atoms with Crippen LogP contribution in [-0.2, 0) is 9.59 Å². The van der Waals surface area contributed by atoms with Gasteiger partial charge in [-0.3, -0.25) is 9.59 Å². The predicted molar refractivity (Wildman–Crippen MR) is 41.1 cm³/mol. The number of amides is 1. The summed E-state index contributed by atoms with van der Waals surface area (Å²) < 4.78 is 0. The van der Waals surface area contributed by atoms with Crippen LogP contribution in [0.25, 0.3) is 0 Å². The minimum Gasteiger partial charge on any atom is -0.342 e. The van der Waals surface area contributed by atoms with Crippen molar-refractivity contribution >= 4 is 11.7 Å². The molecule has 1 rings (SSSR count). The van der Waals surface area contributed by atoms with Gasteiger partial charge in [0.1, 0.15) is 5.78 Å². The molecule has 1 fully saturated rings. The van der Waals surface area contributed by atoms with Crippen LogP contribution in [0.15, 0.2) is 0 Å². The van der Waals surface area contributed by atoms with Crippen molar-refractivity contribution in [2.24, 2.45) is 0 Å². The van der Waals surface area contributed by atoms with Crippen LogP contribution in [0, 0.1) is 0 Å². The molecule has 0 bridgehead atoms. The molecule has 3 nitrogen and oxygen atoms in total. The molecule has 11 heavy (non-hydrogen) atoms. The summed E-state index contributed by atoms with van der Waals surface area (Å²) in [4.78, 5) is 23.4. The minimum atomic E-state index is 0.163. The SMILES string of the molecule is CC(=O)CC1CCC(=O)N1C. The molecule has 0 aromatic heterocycles. The average Bonchev–Trinajstić information content (AvgIpc) is 2.18. The van der Waals surface area contributed by atoms with Gasteiger partial charge in [-0.15, -0.1) is 0 Å². The van der Waals surface area contributed by atoms with E-state index in [4.69, 9.17) is 0 Å². The lowest BCUT2D eigenvalue weighted by molar-refractivity contribution is -0.128. The first-order valence-electron chi connectivity index (χ1n) is 3.86. The van der Waals surface area contributed by atoms with E-state index in [1.165, 1.54) is 0 Å². The summed E-state index contributed by atoms with van der Waals surface area (Å²) in [6.45, 7) is 1.57. The van der Waals surface area contributed by atoms with E-state index in [0.29, 0.717) is 12.8 Å². The normalized spacial score (nSPS) is 24.4. The zero-order chi connectivity index (χ0) is 8.43. The molecule has 1 heterocycles. The molecule has 0 radical (unpaired) electrons. The molecule has 0 aromatic carbocycles. The van der Waals surface area contributed by atoms with Gasteiger partial charge in [0, 0.05) is 25.9 Å². The van der Waals surface area contributed by atoms with Crippen LogP contribution in [0.1, 0.15) is 26.2 Å². The number of ketones is 1. The standard InChI is InChI=1S/C8H13NO2/c1-6(10)5-7-3-4-8(11)9(7)2/h7H,3-5H2,1-2H3. The van der Waals surface area contributed by atoms with Crippen LogP contribution >= 0.6 is 0 Å². The largest absolute Gasteiger partial charge is 0.342 e. The van der Waals surface area contributed by atoms with Crippen LogP contribution in [-0.4, -0.2) is 29.7 Å². The number of carbonyl (C=O) groups is 2. The quantitative estimate of drug-likeness (QED) is 0.585. The summed E-state index contributed by atoms with van der Waals surface area (Å²) in [5.74, 6) is 0.327. The summed E-state index contributed by atoms with van der Waals surface area (Å²) in [5.41, 5.74) is 0. The number of hydrogen-bond donors (Lipinski definition) is 0. The van der Waals surface area contributed by atoms with Gasteiger partial charge in [0.05, 0.1) is 0 Å². The second-order valence-electron chi connectivity index (χ2n) is 3.10. The highest BCUT2D eigenvalue weighted by molar-refractivity contribution is 5.81. The fraction of sp³-hybridized carbons (Fsp3) is 0.750. The molecule has 1 unspecified atom stereocenters. The first-order valence-corrected chi connectivity index (χ1v) is 3.86. The van der Waals surface area contributed by atoms with Crippen molar-refractivity contribution in [1.29, 1.82) is 0 Å². The third-order valence-electron chi connectivity index (χ3n) is 2.16. The fourth-order valence-corrected chi connectivity index (χ4v) is 1.43. The molecular weight excluding hydrogens is 142 g/mol. The highest BCUT2D eigenvalue weighted by Crippen LogP contribution is 2.18. The Labute approximate surface area is 66.4 Å². The van der Waals surface area contributed by atoms with E-state index in [1.54, 1.807) is 18.9 Å². The lowest BCUT2D eigenvalue weighted by atomic mass is 10.1. The van der Waals surface area contributed by atoms with Crippen molar-refractivity contribution in [2.45, 2.75) is 32.2 Å². The van der Waals surface area contributed by atoms with Crippen molar-refractivity contribution in [1.82, 2.24) is 4.90 Å². The number of Topliss-reactive ketones (excluding diaryl/α,β-unsaturated/α-hetero) is 1. The van der Waals surface area contributed by atoms with Crippen LogP contribution in [0.2, 0.25) is 0 Å². The Morgan fingerprint density at radius 1 is 1.73 bits per heavy atom. The zero-order valence-corrected chi connectivity index (χ0v) is 6.96. The second-order valence-corrected chi connectivity index (χ2v) is 3.10. The molecule has 0 aromatic rings. The third kappa shape index (κ3) is 1.79. The Morgan fingerprint density at radius 3 is 2.73 bits per heavy atom. The lowest BCUT2D eigenvalue weighted by Gasteiger charge is -2.17. The molecule has 0 spiro atoms. The molecule has 3 heteroatoms. The number of carbonyl (C=O) groups excluding carboxylic acids is 2. The first-order chi connectivity index (χ1) is 5.11. The molecule has 1 atom stereocenters. The van der Waals surface area contributed by atoms with E-state index in [-0.39, 0.29) is 17.7 Å². The number of hydrogen-bond acceptors (Lipinski definition) is 2. The van der Waals surface area contributed by atoms with Crippen molar-refractivity contribution in [3.63, 3.8) is 0 Å². The number of rotatable bonds is 2. The van der Waals surface area contributed by atoms with Gasteiger partial charge in [-0.1, -0.05) is 0 Å². The predicted octanol–water partition coefficient (Wildman–Crippen LogP) is 0.586. The van der Waals surface area contributed by atoms with E-state index in [1.807, 2.05) is 0 Å². The van der Waals surface area contributed by atoms with E-state index < -0.39 is 0 Å². The van der Waals surface area contributed by atoms with Crippen LogP contribution < -0.4 is 0 Å². The summed E-state index contributed by atoms with van der Waals surface area (Å²) in [6.07, 6.45) is 1.96. The van der Waals surface area contributed by atoms with E-state index in [2.05, 4.69) is 0 Å². The third-order valence-corrected chi connectivity index (χ3v) is 2.16. The smallest absolute Gasteiger partial charge is 0.222 e. The molecule has 1 aliphatic heterocycles. The number of likely N-dealkylation sites (tertiary alicyclic amines) is 1. The van der Waals surface area contributed by atoms with E-state index in [9.17, 15) is 9.59 Å². The van der Waals surface area contributed by atoms with Gasteiger partial charge in [-0.25, -0.2) is 0 Å². The lowest BCUT2D eigenvalue weighted by Crippen LogP contribution is -2.29. The van der Waals surface area contributed by atoms with Crippen LogP contribution in [0.5, 0.6) is 0 Å². The molecule has 1 aliphatic rings. The summed E-state index contributed by atoms with van der Waals surface area (Å²) in [5, 5.41) is 0. The molecule has 62 valence electrons. The van der Waals surface area contributed by atoms with Crippen molar-refractivity contribution in [3.8, 4) is 0 Å². The maximum absolute atomic E-state index is 11.0. The van der Waals surface area contributed by atoms with Gasteiger partial charge in [0.15, 0.2) is 0 Å². The highest BCUT2D eigenvalue weighted by Gasteiger charge is 2.27. The molecule has 1 amide bonds. The second kappa shape index (κ2) is 3.03. The average molecular weight is 155 g/mol. The Kier molecular flexibility index (Phi) is 2.27. The summed E-state index contributed by atoms with van der Waals surface area (Å²) >= 11 is 0. The zero-order valence-electron chi connectivity index (χ0n) is 6.96. The molecule has 0 saturated carbocycles. The van der Waals surface area contributed by atoms with Gasteiger partial charge in [0.2, 0.25) is 5.91 Å². The van der Waals surface area contributed by atoms with Gasteiger partial charge < -0.3 is 4.90 Å². The summed E-state index contributed by atoms with van der Waals surface area (Å²) in [6, 6.07) is 0.167. The molecule has 0 N–H and O–H groups in total. The monoisotopic (exact) mass is 155 g/mol. The molecular formula is C8H13NO2. The van der Waals surface area contributed by atoms with Crippen molar-refractivity contribution < 1.29 is 9.59 Å². The molecule has 1 saturated heterocycles. The first kappa shape index (κ1) is 8.24. The van der Waals surface area contributed by atoms with Gasteiger partial charge >= 0.3 is 0 Å². The maximum Gasteiger partial charge on any atom is 0.222 e. The van der Waals surface area contributed by atoms with E-state index >= 15 is 0 Å². The van der Waals surface area contributed by atoms with Crippen LogP contribution in [0.4, 0.5) is 0 Å². The fourth-order valence-electron chi connectivity index (χ4n) is 1.43. The molecule has 0 aliphatic carbocycles. The Balaban J connectivity index is 2.48. The van der Waals surface area contributed by atoms with E-state index in [0.717, 1.165) is 6.42 Å².